The summed E-state index contributed by atoms with van der Waals surface area (Å²) in [5.41, 5.74) is 36.6. The second kappa shape index (κ2) is 84.5. The first-order valence-corrected chi connectivity index (χ1v) is 26.2. The first kappa shape index (κ1) is 95.4. The van der Waals surface area contributed by atoms with Gasteiger partial charge in [0.1, 0.15) is 31.0 Å². The first-order valence-electron chi connectivity index (χ1n) is 26.2. The second-order valence-electron chi connectivity index (χ2n) is 15.2. The number of rotatable bonds is 41. The Morgan fingerprint density at radius 1 is 0.512 bits per heavy atom. The SMILES string of the molecule is C#CC#CC#CC#CC#CC#CC#C.CCOC(=O)[C@@H](N)CCCN=C(N)N.CCOC(=O)[C@H](CCCN=C(N)N)NCOCCCOC.COCCCOCN[C@@H](CCCN=C(N)N)C(=O)O.COCCOCC=O.COCCOCCO.S.S. The maximum Gasteiger partial charge on any atom is 0.323 e. The number of carbonyl (C=O) groups is 4. The lowest BCUT2D eigenvalue weighted by Crippen LogP contribution is -2.39. The van der Waals surface area contributed by atoms with Crippen molar-refractivity contribution in [3.05, 3.63) is 0 Å². The molecule has 0 rings (SSSR count). The summed E-state index contributed by atoms with van der Waals surface area (Å²) in [5.74, 6) is 26.8. The molecule has 490 valence electrons. The van der Waals surface area contributed by atoms with Crippen molar-refractivity contribution in [2.24, 2.45) is 55.1 Å². The lowest BCUT2D eigenvalue weighted by Gasteiger charge is -2.17. The normalized spacial score (nSPS) is 9.84. The fourth-order valence-electron chi connectivity index (χ4n) is 4.73. The molecular formula is C56H98N12O16S2. The monoisotopic (exact) mass is 1260 g/mol. The maximum atomic E-state index is 11.8. The van der Waals surface area contributed by atoms with Crippen molar-refractivity contribution in [3.8, 4) is 83.9 Å². The molecule has 0 fully saturated rings. The van der Waals surface area contributed by atoms with Gasteiger partial charge >= 0.3 is 17.9 Å². The number of nitrogens with one attached hydrogen (secondary N) is 2. The summed E-state index contributed by atoms with van der Waals surface area (Å²) in [6.45, 7) is 11.3. The highest BCUT2D eigenvalue weighted by Gasteiger charge is 2.19. The number of nitrogens with zero attached hydrogens (tertiary/aromatic N) is 3. The van der Waals surface area contributed by atoms with Gasteiger partial charge in [0.2, 0.25) is 0 Å². The summed E-state index contributed by atoms with van der Waals surface area (Å²) in [6.07, 6.45) is 15.5. The molecule has 0 saturated carbocycles. The van der Waals surface area contributed by atoms with E-state index in [-0.39, 0.29) is 83.5 Å². The molecule has 0 spiro atoms. The Morgan fingerprint density at radius 2 is 0.884 bits per heavy atom. The highest BCUT2D eigenvalue weighted by Crippen LogP contribution is 2.02. The molecule has 0 radical (unpaired) electrons. The summed E-state index contributed by atoms with van der Waals surface area (Å²) in [7, 11) is 6.47. The van der Waals surface area contributed by atoms with Crippen LogP contribution >= 0.6 is 27.0 Å². The van der Waals surface area contributed by atoms with Crippen molar-refractivity contribution in [2.75, 3.05) is 147 Å². The Bertz CT molecular complexity index is 2080. The van der Waals surface area contributed by atoms with E-state index in [1.165, 1.54) is 0 Å². The molecule has 0 aliphatic rings. The van der Waals surface area contributed by atoms with Gasteiger partial charge in [-0.3, -0.25) is 40.0 Å². The van der Waals surface area contributed by atoms with E-state index in [2.05, 4.69) is 106 Å². The van der Waals surface area contributed by atoms with Crippen LogP contribution in [0.1, 0.15) is 65.2 Å². The van der Waals surface area contributed by atoms with E-state index in [0.717, 1.165) is 19.1 Å². The standard InChI is InChI=1S/C14H2.C13H28N4O4.C11H24N4O4.C8H18N4O2.C5H12O3.C5H10O3.2H2S/c1-3-5-7-9-11-13-14-12-10-8-6-4-2;1-3-21-12(18)11(6-4-7-16-13(14)15)17-10-20-9-5-8-19-2;1-18-6-3-7-19-8-15-9(10(16)17)4-2-5-14-11(12)13;1-2-14-7(13)6(9)4-3-5-12-8(10)11;2*1-7-4-5-8-3-2-6;;/h1-2H;11,17H,3-10H2,1-2H3,(H4,14,15,16);9,15H,2-8H2,1H3,(H,16,17)(H4,12,13,14);6H,2-5,9H2,1H3,(H4,10,11,12);6H,2-5H2,1H3;2H,3-5H2,1H3;2*1H2/t;11-;9-;6-;;;;/m.000..../s1. The minimum absolute atomic E-state index is 0. The van der Waals surface area contributed by atoms with E-state index < -0.39 is 24.1 Å². The molecule has 0 aromatic carbocycles. The van der Waals surface area contributed by atoms with Crippen molar-refractivity contribution in [2.45, 2.75) is 83.3 Å². The molecule has 30 heteroatoms. The average molecular weight is 1260 g/mol. The van der Waals surface area contributed by atoms with Gasteiger partial charge in [-0.2, -0.15) is 27.0 Å². The third kappa shape index (κ3) is 93.4. The number of carbonyl (C=O) groups excluding carboxylic acids is 3. The summed E-state index contributed by atoms with van der Waals surface area (Å²) in [5, 5.41) is 23.0. The third-order valence-electron chi connectivity index (χ3n) is 8.45. The summed E-state index contributed by atoms with van der Waals surface area (Å²) in [4.78, 5) is 54.8. The quantitative estimate of drug-likeness (QED) is 0.00577. The molecule has 0 bridgehead atoms. The van der Waals surface area contributed by atoms with Gasteiger partial charge in [-0.05, 0) is 136 Å². The van der Waals surface area contributed by atoms with E-state index in [9.17, 15) is 19.2 Å². The molecule has 28 nitrogen and oxygen atoms in total. The molecule has 0 unspecified atom stereocenters. The average Bonchev–Trinajstić information content (AvgIpc) is 3.53. The molecule has 0 heterocycles. The van der Waals surface area contributed by atoms with E-state index in [1.807, 2.05) is 0 Å². The van der Waals surface area contributed by atoms with Crippen molar-refractivity contribution in [1.29, 1.82) is 0 Å². The van der Waals surface area contributed by atoms with Gasteiger partial charge in [-0.15, -0.1) is 12.8 Å². The van der Waals surface area contributed by atoms with Gasteiger partial charge in [0, 0.05) is 61.3 Å². The molecule has 86 heavy (non-hydrogen) atoms. The third-order valence-corrected chi connectivity index (χ3v) is 8.45. The van der Waals surface area contributed by atoms with Crippen LogP contribution in [0.3, 0.4) is 0 Å². The Labute approximate surface area is 524 Å². The van der Waals surface area contributed by atoms with Crippen molar-refractivity contribution >= 4 is 69.1 Å². The lowest BCUT2D eigenvalue weighted by atomic mass is 10.1. The number of aldehydes is 1. The van der Waals surface area contributed by atoms with Crippen LogP contribution in [-0.4, -0.2) is 218 Å². The Balaban J connectivity index is -0.000000145. The van der Waals surface area contributed by atoms with Gasteiger partial charge in [-0.25, -0.2) is 0 Å². The van der Waals surface area contributed by atoms with Crippen LogP contribution in [0.2, 0.25) is 0 Å². The molecule has 18 N–H and O–H groups in total. The van der Waals surface area contributed by atoms with E-state index in [4.69, 9.17) is 101 Å². The molecule has 0 aromatic rings. The first-order chi connectivity index (χ1) is 40.5. The molecule has 0 aliphatic heterocycles. The van der Waals surface area contributed by atoms with Crippen molar-refractivity contribution < 1.29 is 76.8 Å². The number of aliphatic carboxylic acids is 1. The number of hydrogen-bond donors (Lipinski definition) is 11. The van der Waals surface area contributed by atoms with E-state index in [1.54, 1.807) is 42.3 Å². The number of hydrogen-bond acceptors (Lipinski definition) is 21. The van der Waals surface area contributed by atoms with Gasteiger partial charge in [0.25, 0.3) is 0 Å². The zero-order valence-electron chi connectivity index (χ0n) is 50.8. The van der Waals surface area contributed by atoms with Crippen molar-refractivity contribution in [1.82, 2.24) is 10.6 Å². The van der Waals surface area contributed by atoms with Crippen LogP contribution in [0.25, 0.3) is 0 Å². The van der Waals surface area contributed by atoms with Gasteiger partial charge in [0.05, 0.1) is 79.5 Å². The number of carboxylic acids is 1. The van der Waals surface area contributed by atoms with Crippen LogP contribution in [0.5, 0.6) is 0 Å². The molecule has 0 saturated heterocycles. The number of aliphatic imine (C=N–C) groups is 3. The van der Waals surface area contributed by atoms with E-state index >= 15 is 0 Å². The molecule has 3 atom stereocenters. The number of ether oxygens (including phenoxy) is 10. The van der Waals surface area contributed by atoms with Crippen LogP contribution in [-0.2, 0) is 66.5 Å². The number of guanidine groups is 3. The predicted molar refractivity (Wildman–Crippen MR) is 343 cm³/mol. The number of esters is 2. The van der Waals surface area contributed by atoms with Gasteiger partial charge < -0.3 is 103 Å². The Hall–Kier alpha value is -6.97. The van der Waals surface area contributed by atoms with Crippen LogP contribution in [0, 0.1) is 83.9 Å². The topological polar surface area (TPSA) is 444 Å². The largest absolute Gasteiger partial charge is 0.480 e. The minimum Gasteiger partial charge on any atom is -0.480 e. The Morgan fingerprint density at radius 3 is 1.24 bits per heavy atom. The van der Waals surface area contributed by atoms with Gasteiger partial charge in [0.15, 0.2) is 17.9 Å². The molecule has 0 aromatic heterocycles. The second-order valence-corrected chi connectivity index (χ2v) is 15.2. The molecule has 0 amide bonds. The smallest absolute Gasteiger partial charge is 0.323 e. The Kier molecular flexibility index (Phi) is 93.7. The maximum absolute atomic E-state index is 11.8. The van der Waals surface area contributed by atoms with Crippen LogP contribution < -0.4 is 50.8 Å². The van der Waals surface area contributed by atoms with E-state index in [0.29, 0.717) is 131 Å². The zero-order valence-corrected chi connectivity index (χ0v) is 52.8. The summed E-state index contributed by atoms with van der Waals surface area (Å²) in [6, 6.07) is -1.65. The van der Waals surface area contributed by atoms with Gasteiger partial charge in [-0.1, -0.05) is 0 Å². The summed E-state index contributed by atoms with van der Waals surface area (Å²) >= 11 is 0. The number of nitrogens with two attached hydrogens (primary N) is 7. The van der Waals surface area contributed by atoms with Crippen molar-refractivity contribution in [3.63, 3.8) is 0 Å². The highest BCUT2D eigenvalue weighted by atomic mass is 32.1. The number of methoxy groups -OCH3 is 4. The molecular weight excluding hydrogens is 1160 g/mol. The number of terminal acetylenes is 2. The summed E-state index contributed by atoms with van der Waals surface area (Å²) < 4.78 is 49.0. The molecule has 0 aliphatic carbocycles. The number of aliphatic hydroxyl groups excluding tert-OH is 1. The fraction of sp³-hybridized carbons (Fsp3) is 0.625. The fourth-order valence-corrected chi connectivity index (χ4v) is 4.73. The lowest BCUT2D eigenvalue weighted by molar-refractivity contribution is -0.146. The number of carboxylic acid groups (broad SMARTS) is 1. The van der Waals surface area contributed by atoms with Crippen LogP contribution in [0.15, 0.2) is 15.0 Å². The highest BCUT2D eigenvalue weighted by molar-refractivity contribution is 7.59. The number of aliphatic hydroxyl groups is 1. The zero-order chi connectivity index (χ0) is 64.4. The minimum atomic E-state index is -0.912. The van der Waals surface area contributed by atoms with Crippen LogP contribution in [0.4, 0.5) is 0 Å². The predicted octanol–water partition coefficient (Wildman–Crippen LogP) is -2.42.